The molecule has 0 radical (unpaired) electrons. The van der Waals surface area contributed by atoms with Crippen molar-refractivity contribution in [1.82, 2.24) is 31.2 Å². The predicted molar refractivity (Wildman–Crippen MR) is 139 cm³/mol. The van der Waals surface area contributed by atoms with Crippen LogP contribution in [-0.2, 0) is 36.8 Å². The number of nitrogens with two attached hydrogens (primary N) is 1. The van der Waals surface area contributed by atoms with Crippen LogP contribution in [0.5, 0.6) is 5.75 Å². The first-order valence-corrected chi connectivity index (χ1v) is 12.3. The molecule has 0 spiro atoms. The molecule has 0 saturated carbocycles. The van der Waals surface area contributed by atoms with Gasteiger partial charge in [0.25, 0.3) is 0 Å². The average molecular weight is 546 g/mol. The van der Waals surface area contributed by atoms with Crippen LogP contribution in [0.15, 0.2) is 36.8 Å². The summed E-state index contributed by atoms with van der Waals surface area (Å²) in [6.45, 7) is 4.29. The topological polar surface area (TPSA) is 229 Å². The summed E-state index contributed by atoms with van der Waals surface area (Å²) in [5.74, 6) is -4.26. The number of nitrogens with zero attached hydrogens (tertiary/aromatic N) is 1. The molecule has 0 aliphatic carbocycles. The van der Waals surface area contributed by atoms with Crippen LogP contribution in [-0.4, -0.2) is 80.5 Å². The summed E-state index contributed by atoms with van der Waals surface area (Å²) in [6.07, 6.45) is 2.86. The molecule has 14 heteroatoms. The first kappa shape index (κ1) is 30.8. The summed E-state index contributed by atoms with van der Waals surface area (Å²) < 4.78 is 0. The molecule has 0 unspecified atom stereocenters. The Labute approximate surface area is 225 Å². The second kappa shape index (κ2) is 14.5. The van der Waals surface area contributed by atoms with E-state index in [1.807, 2.05) is 0 Å². The number of carbonyl (C=O) groups is 5. The van der Waals surface area contributed by atoms with Gasteiger partial charge in [0.05, 0.1) is 18.9 Å². The zero-order valence-electron chi connectivity index (χ0n) is 21.9. The number of aromatic amines is 1. The van der Waals surface area contributed by atoms with E-state index in [0.717, 1.165) is 0 Å². The smallest absolute Gasteiger partial charge is 0.326 e. The number of imidazole rings is 1. The highest BCUT2D eigenvalue weighted by Crippen LogP contribution is 2.12. The number of carboxylic acid groups (broad SMARTS) is 1. The standard InChI is InChI=1S/C25H35N7O7/c1-13(2)21(24(37)31-19(25(38)39)9-16-10-27-12-29-16)32-20(34)11-28-23(36)18(30-22(35)14(3)26)8-15-4-6-17(33)7-5-15/h4-7,10,12-14,18-19,21,33H,8-9,11,26H2,1-3H3,(H,27,29)(H,28,36)(H,30,35)(H,31,37)(H,32,34)(H,38,39)/t14-,18-,19-,21-/m0/s1. The SMILES string of the molecule is CC(C)[C@H](NC(=O)CNC(=O)[C@H](Cc1ccc(O)cc1)NC(=O)[C@H](C)N)C(=O)N[C@@H](Cc1cnc[nH]1)C(=O)O. The molecule has 1 aromatic carbocycles. The van der Waals surface area contributed by atoms with Gasteiger partial charge >= 0.3 is 5.97 Å². The first-order valence-electron chi connectivity index (χ1n) is 12.3. The van der Waals surface area contributed by atoms with Crippen LogP contribution < -0.4 is 27.0 Å². The Balaban J connectivity index is 2.01. The third-order valence-corrected chi connectivity index (χ3v) is 5.70. The molecule has 0 saturated heterocycles. The number of H-pyrrole nitrogens is 1. The minimum Gasteiger partial charge on any atom is -0.508 e. The lowest BCUT2D eigenvalue weighted by Gasteiger charge is -2.24. The van der Waals surface area contributed by atoms with Crippen LogP contribution >= 0.6 is 0 Å². The number of benzene rings is 1. The Morgan fingerprint density at radius 1 is 0.923 bits per heavy atom. The van der Waals surface area contributed by atoms with Crippen molar-refractivity contribution < 1.29 is 34.2 Å². The van der Waals surface area contributed by atoms with E-state index < -0.39 is 66.2 Å². The second-order valence-corrected chi connectivity index (χ2v) is 9.41. The number of aromatic nitrogens is 2. The number of aromatic hydroxyl groups is 1. The van der Waals surface area contributed by atoms with Gasteiger partial charge in [0, 0.05) is 24.7 Å². The van der Waals surface area contributed by atoms with Crippen molar-refractivity contribution in [2.24, 2.45) is 11.7 Å². The predicted octanol–water partition coefficient (Wildman–Crippen LogP) is -1.44. The number of hydrogen-bond acceptors (Lipinski definition) is 8. The molecule has 0 bridgehead atoms. The van der Waals surface area contributed by atoms with Gasteiger partial charge in [-0.05, 0) is 30.5 Å². The molecular formula is C25H35N7O7. The number of nitrogens with one attached hydrogen (secondary N) is 5. The Kier molecular flexibility index (Phi) is 11.4. The monoisotopic (exact) mass is 545 g/mol. The van der Waals surface area contributed by atoms with Crippen LogP contribution in [0.3, 0.4) is 0 Å². The molecular weight excluding hydrogens is 510 g/mol. The Morgan fingerprint density at radius 3 is 2.10 bits per heavy atom. The summed E-state index contributed by atoms with van der Waals surface area (Å²) in [5.41, 5.74) is 6.75. The summed E-state index contributed by atoms with van der Waals surface area (Å²) in [5, 5.41) is 28.9. The molecule has 4 amide bonds. The average Bonchev–Trinajstić information content (AvgIpc) is 3.39. The molecule has 1 heterocycles. The van der Waals surface area contributed by atoms with E-state index in [1.165, 1.54) is 31.6 Å². The van der Waals surface area contributed by atoms with E-state index in [4.69, 9.17) is 5.73 Å². The minimum absolute atomic E-state index is 0.0363. The van der Waals surface area contributed by atoms with E-state index in [0.29, 0.717) is 11.3 Å². The fourth-order valence-electron chi connectivity index (χ4n) is 3.51. The summed E-state index contributed by atoms with van der Waals surface area (Å²) in [7, 11) is 0. The maximum atomic E-state index is 12.9. The highest BCUT2D eigenvalue weighted by Gasteiger charge is 2.30. The van der Waals surface area contributed by atoms with E-state index >= 15 is 0 Å². The number of carboxylic acids is 1. The molecule has 14 nitrogen and oxygen atoms in total. The molecule has 0 aliphatic heterocycles. The Hall–Kier alpha value is -4.46. The summed E-state index contributed by atoms with van der Waals surface area (Å²) >= 11 is 0. The lowest BCUT2D eigenvalue weighted by Crippen LogP contribution is -2.56. The maximum Gasteiger partial charge on any atom is 0.326 e. The van der Waals surface area contributed by atoms with Gasteiger partial charge in [-0.3, -0.25) is 19.2 Å². The van der Waals surface area contributed by atoms with Gasteiger partial charge < -0.3 is 42.2 Å². The summed E-state index contributed by atoms with van der Waals surface area (Å²) in [4.78, 5) is 68.7. The van der Waals surface area contributed by atoms with Gasteiger partial charge in [-0.1, -0.05) is 26.0 Å². The van der Waals surface area contributed by atoms with Gasteiger partial charge in [-0.15, -0.1) is 0 Å². The second-order valence-electron chi connectivity index (χ2n) is 9.41. The lowest BCUT2D eigenvalue weighted by molar-refractivity contribution is -0.142. The van der Waals surface area contributed by atoms with E-state index in [2.05, 4.69) is 31.2 Å². The van der Waals surface area contributed by atoms with Gasteiger partial charge in [0.2, 0.25) is 23.6 Å². The number of hydrogen-bond donors (Lipinski definition) is 8. The first-order chi connectivity index (χ1) is 18.4. The Morgan fingerprint density at radius 2 is 1.56 bits per heavy atom. The van der Waals surface area contributed by atoms with Crippen LogP contribution in [0, 0.1) is 5.92 Å². The number of phenolic OH excluding ortho intramolecular Hbond substituents is 1. The Bertz CT molecular complexity index is 1130. The van der Waals surface area contributed by atoms with Crippen molar-refractivity contribution in [3.63, 3.8) is 0 Å². The highest BCUT2D eigenvalue weighted by molar-refractivity contribution is 5.94. The van der Waals surface area contributed by atoms with Crippen LogP contribution in [0.4, 0.5) is 0 Å². The zero-order valence-corrected chi connectivity index (χ0v) is 21.9. The zero-order chi connectivity index (χ0) is 29.1. The third-order valence-electron chi connectivity index (χ3n) is 5.70. The molecule has 9 N–H and O–H groups in total. The normalized spacial score (nSPS) is 14.0. The summed E-state index contributed by atoms with van der Waals surface area (Å²) in [6, 6.07) is 1.76. The van der Waals surface area contributed by atoms with Crippen molar-refractivity contribution in [2.75, 3.05) is 6.54 Å². The molecule has 212 valence electrons. The quantitative estimate of drug-likeness (QED) is 0.139. The number of aliphatic carboxylic acids is 1. The van der Waals surface area contributed by atoms with Crippen LogP contribution in [0.25, 0.3) is 0 Å². The maximum absolute atomic E-state index is 12.9. The molecule has 39 heavy (non-hydrogen) atoms. The van der Waals surface area contributed by atoms with E-state index in [9.17, 15) is 34.2 Å². The highest BCUT2D eigenvalue weighted by atomic mass is 16.4. The molecule has 0 aliphatic rings. The van der Waals surface area contributed by atoms with E-state index in [1.54, 1.807) is 26.0 Å². The van der Waals surface area contributed by atoms with Gasteiger partial charge in [0.15, 0.2) is 0 Å². The van der Waals surface area contributed by atoms with Crippen molar-refractivity contribution in [3.8, 4) is 5.75 Å². The molecule has 0 fully saturated rings. The van der Waals surface area contributed by atoms with Crippen LogP contribution in [0.1, 0.15) is 32.0 Å². The fourth-order valence-corrected chi connectivity index (χ4v) is 3.51. The third kappa shape index (κ3) is 10.1. The lowest BCUT2D eigenvalue weighted by atomic mass is 10.0. The minimum atomic E-state index is -1.26. The molecule has 4 atom stereocenters. The van der Waals surface area contributed by atoms with Crippen LogP contribution in [0.2, 0.25) is 0 Å². The van der Waals surface area contributed by atoms with Crippen molar-refractivity contribution in [3.05, 3.63) is 48.0 Å². The molecule has 2 rings (SSSR count). The number of rotatable bonds is 14. The molecule has 1 aromatic heterocycles. The number of carbonyl (C=O) groups excluding carboxylic acids is 4. The number of amides is 4. The molecule has 2 aromatic rings. The largest absolute Gasteiger partial charge is 0.508 e. The van der Waals surface area contributed by atoms with Crippen molar-refractivity contribution in [1.29, 1.82) is 0 Å². The van der Waals surface area contributed by atoms with E-state index in [-0.39, 0.29) is 18.6 Å². The number of phenols is 1. The van der Waals surface area contributed by atoms with Gasteiger partial charge in [-0.25, -0.2) is 9.78 Å². The fraction of sp³-hybridized carbons (Fsp3) is 0.440. The van der Waals surface area contributed by atoms with Crippen molar-refractivity contribution in [2.45, 2.75) is 57.8 Å². The van der Waals surface area contributed by atoms with Crippen molar-refractivity contribution >= 4 is 29.6 Å². The van der Waals surface area contributed by atoms with Gasteiger partial charge in [-0.2, -0.15) is 0 Å². The van der Waals surface area contributed by atoms with Gasteiger partial charge in [0.1, 0.15) is 23.9 Å².